The van der Waals surface area contributed by atoms with Gasteiger partial charge in [-0.1, -0.05) is 40.4 Å². The molecule has 1 N–H and O–H groups in total. The van der Waals surface area contributed by atoms with Crippen LogP contribution in [0.4, 0.5) is 8.78 Å². The third-order valence-corrected chi connectivity index (χ3v) is 8.16. The molecule has 1 saturated heterocycles. The van der Waals surface area contributed by atoms with Gasteiger partial charge >= 0.3 is 7.12 Å². The summed E-state index contributed by atoms with van der Waals surface area (Å²) in [6, 6.07) is 1.77. The van der Waals surface area contributed by atoms with Crippen molar-refractivity contribution in [2.24, 2.45) is 5.41 Å². The predicted octanol–water partition coefficient (Wildman–Crippen LogP) is 5.93. The number of hydrogen-bond donors (Lipinski definition) is 1. The zero-order chi connectivity index (χ0) is 27.2. The van der Waals surface area contributed by atoms with Gasteiger partial charge in [-0.3, -0.25) is 4.79 Å². The monoisotopic (exact) mass is 511 g/mol. The lowest BCUT2D eigenvalue weighted by Gasteiger charge is -2.33. The van der Waals surface area contributed by atoms with Crippen molar-refractivity contribution < 1.29 is 27.6 Å². The highest BCUT2D eigenvalue weighted by Gasteiger charge is 2.53. The molecule has 0 aromatic heterocycles. The highest BCUT2D eigenvalue weighted by Crippen LogP contribution is 2.38. The van der Waals surface area contributed by atoms with Crippen LogP contribution in [0, 0.1) is 17.0 Å². The number of carbonyl (C=O) groups excluding carboxylic acids is 1. The SMILES string of the molecule is CC(C)(C)CC(C)(C)NC(=O)c1c(F)c(B2OC(C)(C)C(C)(C)O2)cc(F)c1OCC[Si](C)(C)C. The number of benzene rings is 1. The first kappa shape index (κ1) is 29.8. The summed E-state index contributed by atoms with van der Waals surface area (Å²) in [6.07, 6.45) is 0.637. The Bertz CT molecular complexity index is 936. The summed E-state index contributed by atoms with van der Waals surface area (Å²) >= 11 is 0. The van der Waals surface area contributed by atoms with Crippen molar-refractivity contribution in [1.29, 1.82) is 0 Å². The fourth-order valence-electron chi connectivity index (χ4n) is 4.31. The smallest absolute Gasteiger partial charge is 0.490 e. The van der Waals surface area contributed by atoms with E-state index in [4.69, 9.17) is 14.0 Å². The lowest BCUT2D eigenvalue weighted by Crippen LogP contribution is -2.47. The summed E-state index contributed by atoms with van der Waals surface area (Å²) < 4.78 is 49.1. The summed E-state index contributed by atoms with van der Waals surface area (Å²) in [6.45, 7) is 23.9. The topological polar surface area (TPSA) is 56.8 Å². The molecule has 1 amide bonds. The van der Waals surface area contributed by atoms with Crippen molar-refractivity contribution in [2.75, 3.05) is 6.61 Å². The Morgan fingerprint density at radius 3 is 2.03 bits per heavy atom. The van der Waals surface area contributed by atoms with Crippen molar-refractivity contribution in [1.82, 2.24) is 5.32 Å². The molecule has 1 aliphatic rings. The number of hydrogen-bond acceptors (Lipinski definition) is 4. The second-order valence-corrected chi connectivity index (χ2v) is 19.4. The van der Waals surface area contributed by atoms with Crippen LogP contribution >= 0.6 is 0 Å². The van der Waals surface area contributed by atoms with Gasteiger partial charge < -0.3 is 19.4 Å². The highest BCUT2D eigenvalue weighted by atomic mass is 28.3. The van der Waals surface area contributed by atoms with Crippen LogP contribution in [-0.4, -0.2) is 44.4 Å². The normalized spacial score (nSPS) is 18.1. The largest absolute Gasteiger partial charge is 0.497 e. The van der Waals surface area contributed by atoms with Crippen LogP contribution in [0.3, 0.4) is 0 Å². The van der Waals surface area contributed by atoms with Crippen LogP contribution in [0.2, 0.25) is 25.7 Å². The first-order chi connectivity index (χ1) is 15.6. The molecular weight excluding hydrogens is 467 g/mol. The molecule has 35 heavy (non-hydrogen) atoms. The maximum absolute atomic E-state index is 16.0. The summed E-state index contributed by atoms with van der Waals surface area (Å²) in [5, 5.41) is 2.90. The Morgan fingerprint density at radius 1 is 1.06 bits per heavy atom. The number of nitrogens with one attached hydrogen (secondary N) is 1. The molecule has 1 fully saturated rings. The molecule has 0 aliphatic carbocycles. The highest BCUT2D eigenvalue weighted by molar-refractivity contribution is 6.76. The molecular formula is C26H44BF2NO4Si. The van der Waals surface area contributed by atoms with Gasteiger partial charge in [0.1, 0.15) is 11.4 Å². The van der Waals surface area contributed by atoms with E-state index < -0.39 is 55.0 Å². The Balaban J connectivity index is 2.53. The standard InChI is InChI=1S/C26H44BF2NO4Si/c1-23(2,3)16-24(4,5)30-22(31)19-20(29)17(27-33-25(6,7)26(8,9)34-27)15-18(28)21(19)32-13-14-35(10,11)12/h15H,13-14,16H2,1-12H3,(H,30,31). The average Bonchev–Trinajstić information content (AvgIpc) is 2.81. The minimum absolute atomic E-state index is 0.0816. The third-order valence-electron chi connectivity index (χ3n) is 6.46. The summed E-state index contributed by atoms with van der Waals surface area (Å²) in [4.78, 5) is 13.5. The number of amides is 1. The second-order valence-electron chi connectivity index (χ2n) is 13.8. The van der Waals surface area contributed by atoms with E-state index in [1.165, 1.54) is 0 Å². The minimum atomic E-state index is -1.50. The van der Waals surface area contributed by atoms with Gasteiger partial charge in [0.05, 0.1) is 17.8 Å². The molecule has 9 heteroatoms. The zero-order valence-corrected chi connectivity index (χ0v) is 24.7. The van der Waals surface area contributed by atoms with Gasteiger partial charge in [0.15, 0.2) is 11.6 Å². The number of ether oxygens (including phenoxy) is 1. The number of halogens is 2. The molecule has 0 atom stereocenters. The van der Waals surface area contributed by atoms with Gasteiger partial charge in [0.2, 0.25) is 0 Å². The average molecular weight is 512 g/mol. The van der Waals surface area contributed by atoms with Gasteiger partial charge in [-0.05, 0) is 65.5 Å². The molecule has 1 aromatic carbocycles. The van der Waals surface area contributed by atoms with E-state index in [0.717, 1.165) is 12.1 Å². The molecule has 2 rings (SSSR count). The summed E-state index contributed by atoms with van der Waals surface area (Å²) in [5.74, 6) is -2.80. The number of carbonyl (C=O) groups is 1. The van der Waals surface area contributed by atoms with Crippen molar-refractivity contribution in [2.45, 2.75) is 111 Å². The second kappa shape index (κ2) is 9.78. The van der Waals surface area contributed by atoms with Crippen molar-refractivity contribution >= 4 is 26.6 Å². The Labute approximate surface area is 211 Å². The van der Waals surface area contributed by atoms with Crippen LogP contribution in [0.1, 0.15) is 79.1 Å². The zero-order valence-electron chi connectivity index (χ0n) is 23.7. The van der Waals surface area contributed by atoms with E-state index >= 15 is 8.78 Å². The van der Waals surface area contributed by atoms with E-state index in [0.29, 0.717) is 6.42 Å². The van der Waals surface area contributed by atoms with Crippen LogP contribution in [-0.2, 0) is 9.31 Å². The molecule has 198 valence electrons. The van der Waals surface area contributed by atoms with Gasteiger partial charge in [0, 0.05) is 19.1 Å². The van der Waals surface area contributed by atoms with E-state index in [-0.39, 0.29) is 23.2 Å². The van der Waals surface area contributed by atoms with Crippen molar-refractivity contribution in [3.63, 3.8) is 0 Å². The fourth-order valence-corrected chi connectivity index (χ4v) is 5.03. The molecule has 1 heterocycles. The summed E-state index contributed by atoms with van der Waals surface area (Å²) in [7, 11) is -2.65. The van der Waals surface area contributed by atoms with Crippen molar-refractivity contribution in [3.8, 4) is 5.75 Å². The molecule has 0 radical (unpaired) electrons. The van der Waals surface area contributed by atoms with Gasteiger partial charge in [-0.25, -0.2) is 8.78 Å². The van der Waals surface area contributed by atoms with Gasteiger partial charge in [-0.15, -0.1) is 0 Å². The van der Waals surface area contributed by atoms with E-state index in [1.54, 1.807) is 0 Å². The van der Waals surface area contributed by atoms with Gasteiger partial charge in [0.25, 0.3) is 5.91 Å². The van der Waals surface area contributed by atoms with E-state index in [2.05, 4.69) is 45.7 Å². The van der Waals surface area contributed by atoms with Crippen LogP contribution in [0.25, 0.3) is 0 Å². The van der Waals surface area contributed by atoms with Crippen LogP contribution in [0.15, 0.2) is 6.07 Å². The Hall–Kier alpha value is -1.45. The maximum atomic E-state index is 16.0. The molecule has 5 nitrogen and oxygen atoms in total. The lowest BCUT2D eigenvalue weighted by atomic mass is 9.77. The van der Waals surface area contributed by atoms with Crippen LogP contribution in [0.5, 0.6) is 5.75 Å². The molecule has 0 saturated carbocycles. The minimum Gasteiger partial charge on any atom is -0.490 e. The molecule has 0 bridgehead atoms. The predicted molar refractivity (Wildman–Crippen MR) is 141 cm³/mol. The van der Waals surface area contributed by atoms with E-state index in [9.17, 15) is 4.79 Å². The molecule has 1 aromatic rings. The third kappa shape index (κ3) is 7.52. The lowest BCUT2D eigenvalue weighted by molar-refractivity contribution is 0.00578. The Morgan fingerprint density at radius 2 is 1.57 bits per heavy atom. The van der Waals surface area contributed by atoms with Gasteiger partial charge in [-0.2, -0.15) is 0 Å². The number of rotatable bonds is 8. The molecule has 0 spiro atoms. The first-order valence-electron chi connectivity index (χ1n) is 12.4. The quantitative estimate of drug-likeness (QED) is 0.440. The molecule has 0 unspecified atom stereocenters. The Kier molecular flexibility index (Phi) is 8.32. The fraction of sp³-hybridized carbons (Fsp3) is 0.731. The first-order valence-corrected chi connectivity index (χ1v) is 16.1. The van der Waals surface area contributed by atoms with Crippen molar-refractivity contribution in [3.05, 3.63) is 23.3 Å². The van der Waals surface area contributed by atoms with E-state index in [1.807, 2.05) is 41.5 Å². The maximum Gasteiger partial charge on any atom is 0.497 e. The summed E-state index contributed by atoms with van der Waals surface area (Å²) in [5.41, 5.74) is -2.84. The molecule has 1 aliphatic heterocycles. The van der Waals surface area contributed by atoms with Crippen LogP contribution < -0.4 is 15.5 Å².